The molecule has 1 aromatic carbocycles. The predicted octanol–water partition coefficient (Wildman–Crippen LogP) is 3.22. The highest BCUT2D eigenvalue weighted by Crippen LogP contribution is 2.24. The van der Waals surface area contributed by atoms with E-state index in [2.05, 4.69) is 5.32 Å². The Morgan fingerprint density at radius 1 is 1.27 bits per heavy atom. The van der Waals surface area contributed by atoms with Gasteiger partial charge in [0.2, 0.25) is 0 Å². The molecule has 118 valence electrons. The van der Waals surface area contributed by atoms with E-state index in [4.69, 9.17) is 4.42 Å². The number of benzene rings is 1. The van der Waals surface area contributed by atoms with E-state index in [0.717, 1.165) is 10.9 Å². The van der Waals surface area contributed by atoms with Gasteiger partial charge in [-0.3, -0.25) is 9.59 Å². The molecule has 1 amide bonds. The molecule has 1 heterocycles. The highest BCUT2D eigenvalue weighted by Gasteiger charge is 2.22. The van der Waals surface area contributed by atoms with Gasteiger partial charge in [-0.2, -0.15) is 0 Å². The standard InChI is InChI=1S/C17H21NO4/c1-10(2)8-12(17(20)21)9-18-16(19)15-11(3)13-6-4-5-7-14(13)22-15/h4-7,10,12H,8-9H2,1-3H3,(H,18,19)(H,20,21). The average Bonchev–Trinajstić information content (AvgIpc) is 2.80. The Labute approximate surface area is 129 Å². The maximum absolute atomic E-state index is 12.3. The van der Waals surface area contributed by atoms with Crippen molar-refractivity contribution < 1.29 is 19.1 Å². The van der Waals surface area contributed by atoms with Gasteiger partial charge in [0, 0.05) is 17.5 Å². The van der Waals surface area contributed by atoms with Crippen LogP contribution >= 0.6 is 0 Å². The molecule has 0 aliphatic heterocycles. The number of hydrogen-bond donors (Lipinski definition) is 2. The zero-order chi connectivity index (χ0) is 16.3. The molecule has 2 aromatic rings. The number of aliphatic carboxylic acids is 1. The summed E-state index contributed by atoms with van der Waals surface area (Å²) in [5.74, 6) is -1.35. The molecule has 5 heteroatoms. The maximum Gasteiger partial charge on any atom is 0.308 e. The Balaban J connectivity index is 2.10. The van der Waals surface area contributed by atoms with Gasteiger partial charge in [0.25, 0.3) is 5.91 Å². The van der Waals surface area contributed by atoms with Crippen LogP contribution in [-0.4, -0.2) is 23.5 Å². The van der Waals surface area contributed by atoms with E-state index in [0.29, 0.717) is 12.0 Å². The number of rotatable bonds is 6. The van der Waals surface area contributed by atoms with E-state index in [-0.39, 0.29) is 24.1 Å². The zero-order valence-corrected chi connectivity index (χ0v) is 13.1. The first-order valence-corrected chi connectivity index (χ1v) is 7.39. The molecule has 0 radical (unpaired) electrons. The second kappa shape index (κ2) is 6.64. The monoisotopic (exact) mass is 303 g/mol. The van der Waals surface area contributed by atoms with E-state index >= 15 is 0 Å². The molecule has 2 N–H and O–H groups in total. The van der Waals surface area contributed by atoms with Crippen molar-refractivity contribution in [3.63, 3.8) is 0 Å². The van der Waals surface area contributed by atoms with Crippen molar-refractivity contribution in [2.45, 2.75) is 27.2 Å². The molecule has 1 aromatic heterocycles. The van der Waals surface area contributed by atoms with Gasteiger partial charge in [0.1, 0.15) is 5.58 Å². The molecular weight excluding hydrogens is 282 g/mol. The fraction of sp³-hybridized carbons (Fsp3) is 0.412. The number of carbonyl (C=O) groups excluding carboxylic acids is 1. The first-order chi connectivity index (χ1) is 10.4. The smallest absolute Gasteiger partial charge is 0.308 e. The first-order valence-electron chi connectivity index (χ1n) is 7.39. The number of aryl methyl sites for hydroxylation is 1. The van der Waals surface area contributed by atoms with Gasteiger partial charge >= 0.3 is 5.97 Å². The minimum atomic E-state index is -0.893. The number of carbonyl (C=O) groups is 2. The zero-order valence-electron chi connectivity index (χ0n) is 13.1. The molecule has 1 unspecified atom stereocenters. The summed E-state index contributed by atoms with van der Waals surface area (Å²) >= 11 is 0. The van der Waals surface area contributed by atoms with Gasteiger partial charge in [0.05, 0.1) is 5.92 Å². The summed E-state index contributed by atoms with van der Waals surface area (Å²) in [4.78, 5) is 23.5. The second-order valence-corrected chi connectivity index (χ2v) is 5.93. The number of carboxylic acids is 1. The Hall–Kier alpha value is -2.30. The van der Waals surface area contributed by atoms with E-state index in [1.165, 1.54) is 0 Å². The van der Waals surface area contributed by atoms with Gasteiger partial charge in [-0.15, -0.1) is 0 Å². The Morgan fingerprint density at radius 3 is 2.55 bits per heavy atom. The molecule has 0 aliphatic rings. The minimum absolute atomic E-state index is 0.100. The third-order valence-electron chi connectivity index (χ3n) is 3.66. The van der Waals surface area contributed by atoms with E-state index in [1.54, 1.807) is 6.07 Å². The molecule has 0 aliphatic carbocycles. The number of para-hydroxylation sites is 1. The van der Waals surface area contributed by atoms with Crippen LogP contribution in [-0.2, 0) is 4.79 Å². The van der Waals surface area contributed by atoms with Gasteiger partial charge < -0.3 is 14.8 Å². The van der Waals surface area contributed by atoms with E-state index in [1.807, 2.05) is 39.0 Å². The second-order valence-electron chi connectivity index (χ2n) is 5.93. The fourth-order valence-corrected chi connectivity index (χ4v) is 2.53. The van der Waals surface area contributed by atoms with Crippen molar-refractivity contribution in [3.8, 4) is 0 Å². The van der Waals surface area contributed by atoms with Crippen molar-refractivity contribution in [3.05, 3.63) is 35.6 Å². The molecule has 0 fully saturated rings. The Morgan fingerprint density at radius 2 is 1.95 bits per heavy atom. The molecule has 0 saturated carbocycles. The molecule has 0 saturated heterocycles. The summed E-state index contributed by atoms with van der Waals surface area (Å²) in [7, 11) is 0. The van der Waals surface area contributed by atoms with Crippen LogP contribution in [0.15, 0.2) is 28.7 Å². The lowest BCUT2D eigenvalue weighted by molar-refractivity contribution is -0.142. The molecule has 22 heavy (non-hydrogen) atoms. The van der Waals surface area contributed by atoms with Crippen LogP contribution in [0.2, 0.25) is 0 Å². The van der Waals surface area contributed by atoms with Gasteiger partial charge in [-0.25, -0.2) is 0 Å². The minimum Gasteiger partial charge on any atom is -0.481 e. The number of fused-ring (bicyclic) bond motifs is 1. The lowest BCUT2D eigenvalue weighted by Gasteiger charge is -2.15. The summed E-state index contributed by atoms with van der Waals surface area (Å²) in [5.41, 5.74) is 1.42. The molecule has 0 bridgehead atoms. The average molecular weight is 303 g/mol. The molecule has 2 rings (SSSR count). The molecular formula is C17H21NO4. The first kappa shape index (κ1) is 16.1. The predicted molar refractivity (Wildman–Crippen MR) is 83.9 cm³/mol. The lowest BCUT2D eigenvalue weighted by Crippen LogP contribution is -2.33. The van der Waals surface area contributed by atoms with Crippen LogP contribution in [0, 0.1) is 18.8 Å². The van der Waals surface area contributed by atoms with Crippen LogP contribution in [0.5, 0.6) is 0 Å². The Kier molecular flexibility index (Phi) is 4.85. The van der Waals surface area contributed by atoms with E-state index < -0.39 is 11.9 Å². The summed E-state index contributed by atoms with van der Waals surface area (Å²) in [6, 6.07) is 7.42. The van der Waals surface area contributed by atoms with E-state index in [9.17, 15) is 14.7 Å². The normalized spacial score (nSPS) is 12.5. The highest BCUT2D eigenvalue weighted by atomic mass is 16.4. The number of hydrogen-bond acceptors (Lipinski definition) is 3. The van der Waals surface area contributed by atoms with Crippen LogP contribution in [0.1, 0.15) is 36.4 Å². The van der Waals surface area contributed by atoms with Gasteiger partial charge in [-0.1, -0.05) is 32.0 Å². The number of furan rings is 1. The van der Waals surface area contributed by atoms with Crippen LogP contribution in [0.4, 0.5) is 0 Å². The van der Waals surface area contributed by atoms with Crippen LogP contribution in [0.25, 0.3) is 11.0 Å². The largest absolute Gasteiger partial charge is 0.481 e. The van der Waals surface area contributed by atoms with Gasteiger partial charge in [0.15, 0.2) is 5.76 Å². The number of nitrogens with one attached hydrogen (secondary N) is 1. The highest BCUT2D eigenvalue weighted by molar-refractivity contribution is 5.99. The molecule has 1 atom stereocenters. The van der Waals surface area contributed by atoms with Crippen molar-refractivity contribution in [1.82, 2.24) is 5.32 Å². The lowest BCUT2D eigenvalue weighted by atomic mass is 9.97. The van der Waals surface area contributed by atoms with Gasteiger partial charge in [-0.05, 0) is 25.3 Å². The topological polar surface area (TPSA) is 79.5 Å². The SMILES string of the molecule is Cc1c(C(=O)NCC(CC(C)C)C(=O)O)oc2ccccc12. The maximum atomic E-state index is 12.3. The van der Waals surface area contributed by atoms with Crippen LogP contribution < -0.4 is 5.32 Å². The molecule has 0 spiro atoms. The third-order valence-corrected chi connectivity index (χ3v) is 3.66. The van der Waals surface area contributed by atoms with Crippen molar-refractivity contribution in [2.75, 3.05) is 6.54 Å². The Bertz CT molecular complexity index is 687. The van der Waals surface area contributed by atoms with Crippen molar-refractivity contribution in [2.24, 2.45) is 11.8 Å². The third kappa shape index (κ3) is 3.47. The quantitative estimate of drug-likeness (QED) is 0.858. The number of carboxylic acid groups (broad SMARTS) is 1. The summed E-state index contributed by atoms with van der Waals surface area (Å²) in [5, 5.41) is 12.8. The summed E-state index contributed by atoms with van der Waals surface area (Å²) < 4.78 is 5.58. The van der Waals surface area contributed by atoms with Crippen molar-refractivity contribution in [1.29, 1.82) is 0 Å². The van der Waals surface area contributed by atoms with Crippen molar-refractivity contribution >= 4 is 22.8 Å². The molecule has 5 nitrogen and oxygen atoms in total. The number of amides is 1. The summed E-state index contributed by atoms with van der Waals surface area (Å²) in [6.45, 7) is 5.84. The van der Waals surface area contributed by atoms with Crippen LogP contribution in [0.3, 0.4) is 0 Å². The fourth-order valence-electron chi connectivity index (χ4n) is 2.53. The summed E-state index contributed by atoms with van der Waals surface area (Å²) in [6.07, 6.45) is 0.523.